The Morgan fingerprint density at radius 1 is 0.971 bits per heavy atom. The van der Waals surface area contributed by atoms with E-state index in [1.807, 2.05) is 0 Å². The maximum Gasteiger partial charge on any atom is 0.573 e. The van der Waals surface area contributed by atoms with Gasteiger partial charge in [0.05, 0.1) is 20.7 Å². The van der Waals surface area contributed by atoms with Crippen LogP contribution in [0.2, 0.25) is 5.02 Å². The van der Waals surface area contributed by atoms with Gasteiger partial charge in [-0.1, -0.05) is 11.6 Å². The molecule has 1 saturated carbocycles. The van der Waals surface area contributed by atoms with Crippen molar-refractivity contribution in [3.63, 3.8) is 0 Å². The van der Waals surface area contributed by atoms with Crippen molar-refractivity contribution in [1.82, 2.24) is 5.32 Å². The molecule has 5 nitrogen and oxygen atoms in total. The van der Waals surface area contributed by atoms with Gasteiger partial charge in [-0.05, 0) is 62.1 Å². The van der Waals surface area contributed by atoms with Crippen LogP contribution in [0.4, 0.5) is 30.7 Å². The highest BCUT2D eigenvalue weighted by atomic mass is 35.5. The molecule has 192 valence electrons. The fraction of sp³-hybridized carbons (Fsp3) is 0.381. The molecule has 0 aliphatic heterocycles. The van der Waals surface area contributed by atoms with Gasteiger partial charge in [-0.15, -0.1) is 13.2 Å². The van der Waals surface area contributed by atoms with Crippen molar-refractivity contribution in [2.45, 2.75) is 54.4 Å². The van der Waals surface area contributed by atoms with Crippen molar-refractivity contribution in [3.8, 4) is 5.75 Å². The second-order valence-electron chi connectivity index (χ2n) is 7.86. The molecule has 1 N–H and O–H groups in total. The molecule has 0 radical (unpaired) electrons. The zero-order valence-corrected chi connectivity index (χ0v) is 19.1. The van der Waals surface area contributed by atoms with Gasteiger partial charge in [0.15, 0.2) is 9.84 Å². The maximum atomic E-state index is 13.7. The summed E-state index contributed by atoms with van der Waals surface area (Å²) in [5.74, 6) is -2.86. The van der Waals surface area contributed by atoms with Gasteiger partial charge in [-0.2, -0.15) is 13.2 Å². The molecule has 0 aromatic heterocycles. The Kier molecular flexibility index (Phi) is 7.61. The van der Waals surface area contributed by atoms with Crippen molar-refractivity contribution in [3.05, 3.63) is 58.4 Å². The van der Waals surface area contributed by atoms with E-state index in [0.717, 1.165) is 12.1 Å². The van der Waals surface area contributed by atoms with E-state index in [0.29, 0.717) is 12.1 Å². The van der Waals surface area contributed by atoms with E-state index in [4.69, 9.17) is 11.6 Å². The zero-order valence-electron chi connectivity index (χ0n) is 17.5. The molecule has 14 heteroatoms. The quantitative estimate of drug-likeness (QED) is 0.472. The summed E-state index contributed by atoms with van der Waals surface area (Å²) in [6.07, 6.45) is -9.78. The number of amides is 1. The third-order valence-corrected chi connectivity index (χ3v) is 7.95. The molecule has 3 rings (SSSR count). The molecule has 0 atom stereocenters. The predicted molar refractivity (Wildman–Crippen MR) is 110 cm³/mol. The first-order valence-corrected chi connectivity index (χ1v) is 12.0. The molecule has 1 amide bonds. The summed E-state index contributed by atoms with van der Waals surface area (Å²) in [6, 6.07) is 3.60. The van der Waals surface area contributed by atoms with Crippen LogP contribution in [0.1, 0.15) is 41.6 Å². The first kappa shape index (κ1) is 27.1. The van der Waals surface area contributed by atoms with Crippen LogP contribution >= 0.6 is 11.6 Å². The van der Waals surface area contributed by atoms with Crippen LogP contribution in [-0.2, 0) is 16.0 Å². The number of ether oxygens (including phenoxy) is 1. The van der Waals surface area contributed by atoms with E-state index in [2.05, 4.69) is 10.1 Å². The average molecular weight is 548 g/mol. The summed E-state index contributed by atoms with van der Waals surface area (Å²) in [5.41, 5.74) is -1.60. The standard InChI is InChI=1S/C21H17ClF7NO4S/c22-17-6-1-11(7-18(17)34-21(27,28)29)19(31)30-14-2-4-15(5-3-14)35(32,33)16-9-12(20(24,25)26)8-13(23)10-16/h1,6-10,14-15H,2-5H2,(H,30,31). The lowest BCUT2D eigenvalue weighted by molar-refractivity contribution is -0.274. The molecule has 2 aromatic rings. The zero-order chi connectivity index (χ0) is 26.2. The lowest BCUT2D eigenvalue weighted by Crippen LogP contribution is -2.40. The minimum absolute atomic E-state index is 0.0335. The lowest BCUT2D eigenvalue weighted by Gasteiger charge is -2.29. The minimum atomic E-state index is -5.02. The van der Waals surface area contributed by atoms with Gasteiger partial charge in [-0.3, -0.25) is 4.79 Å². The number of rotatable bonds is 5. The van der Waals surface area contributed by atoms with E-state index >= 15 is 0 Å². The van der Waals surface area contributed by atoms with Crippen LogP contribution in [0, 0.1) is 5.82 Å². The first-order valence-electron chi connectivity index (χ1n) is 10.0. The van der Waals surface area contributed by atoms with Crippen LogP contribution in [0.25, 0.3) is 0 Å². The van der Waals surface area contributed by atoms with Crippen molar-refractivity contribution in [2.24, 2.45) is 0 Å². The van der Waals surface area contributed by atoms with Crippen molar-refractivity contribution >= 4 is 27.3 Å². The Morgan fingerprint density at radius 2 is 1.60 bits per heavy atom. The third kappa shape index (κ3) is 6.78. The SMILES string of the molecule is O=C(NC1CCC(S(=O)(=O)c2cc(F)cc(C(F)(F)F)c2)CC1)c1ccc(Cl)c(OC(F)(F)F)c1. The molecule has 0 unspecified atom stereocenters. The van der Waals surface area contributed by atoms with E-state index in [-0.39, 0.29) is 42.3 Å². The summed E-state index contributed by atoms with van der Waals surface area (Å²) < 4.78 is 119. The molecule has 0 saturated heterocycles. The normalized spacial score (nSPS) is 19.3. The van der Waals surface area contributed by atoms with Gasteiger partial charge in [0.25, 0.3) is 5.91 Å². The first-order chi connectivity index (χ1) is 16.1. The van der Waals surface area contributed by atoms with Crippen LogP contribution in [0.15, 0.2) is 41.3 Å². The van der Waals surface area contributed by atoms with Gasteiger partial charge < -0.3 is 10.1 Å². The van der Waals surface area contributed by atoms with E-state index in [1.165, 1.54) is 6.07 Å². The molecule has 0 heterocycles. The molecule has 1 aliphatic carbocycles. The molecule has 35 heavy (non-hydrogen) atoms. The maximum absolute atomic E-state index is 13.7. The van der Waals surface area contributed by atoms with Crippen LogP contribution in [-0.4, -0.2) is 32.0 Å². The largest absolute Gasteiger partial charge is 0.573 e. The molecular weight excluding hydrogens is 531 g/mol. The summed E-state index contributed by atoms with van der Waals surface area (Å²) in [7, 11) is -4.29. The molecule has 0 spiro atoms. The van der Waals surface area contributed by atoms with E-state index in [1.54, 1.807) is 0 Å². The number of carbonyl (C=O) groups excluding carboxylic acids is 1. The summed E-state index contributed by atoms with van der Waals surface area (Å²) in [4.78, 5) is 11.7. The molecule has 2 aromatic carbocycles. The van der Waals surface area contributed by atoms with Crippen LogP contribution in [0.3, 0.4) is 0 Å². The number of alkyl halides is 6. The van der Waals surface area contributed by atoms with Gasteiger partial charge in [0.2, 0.25) is 0 Å². The van der Waals surface area contributed by atoms with Crippen molar-refractivity contribution < 1.29 is 48.7 Å². The summed E-state index contributed by atoms with van der Waals surface area (Å²) >= 11 is 5.65. The predicted octanol–water partition coefficient (Wildman–Crippen LogP) is 5.91. The monoisotopic (exact) mass is 547 g/mol. The Balaban J connectivity index is 1.67. The average Bonchev–Trinajstić information content (AvgIpc) is 2.73. The number of sulfone groups is 1. The van der Waals surface area contributed by atoms with Crippen molar-refractivity contribution in [2.75, 3.05) is 0 Å². The summed E-state index contributed by atoms with van der Waals surface area (Å²) in [5, 5.41) is 1.11. The summed E-state index contributed by atoms with van der Waals surface area (Å²) in [6.45, 7) is 0. The van der Waals surface area contributed by atoms with E-state index in [9.17, 15) is 43.9 Å². The smallest absolute Gasteiger partial charge is 0.404 e. The fourth-order valence-electron chi connectivity index (χ4n) is 3.72. The number of hydrogen-bond acceptors (Lipinski definition) is 4. The number of nitrogens with one attached hydrogen (secondary N) is 1. The highest BCUT2D eigenvalue weighted by molar-refractivity contribution is 7.92. The second-order valence-corrected chi connectivity index (χ2v) is 10.5. The van der Waals surface area contributed by atoms with Crippen LogP contribution in [0.5, 0.6) is 5.75 Å². The van der Waals surface area contributed by atoms with Gasteiger partial charge in [-0.25, -0.2) is 12.8 Å². The number of benzene rings is 2. The van der Waals surface area contributed by atoms with Gasteiger partial charge in [0, 0.05) is 11.6 Å². The molecular formula is C21H17ClF7NO4S. The lowest BCUT2D eigenvalue weighted by atomic mass is 9.94. The highest BCUT2D eigenvalue weighted by Crippen LogP contribution is 2.35. The molecule has 1 aliphatic rings. The Bertz CT molecular complexity index is 1210. The fourth-order valence-corrected chi connectivity index (χ4v) is 5.72. The Labute approximate surface area is 200 Å². The van der Waals surface area contributed by atoms with Crippen LogP contribution < -0.4 is 10.1 Å². The van der Waals surface area contributed by atoms with Crippen molar-refractivity contribution in [1.29, 1.82) is 0 Å². The Morgan fingerprint density at radius 3 is 2.17 bits per heavy atom. The molecule has 0 bridgehead atoms. The van der Waals surface area contributed by atoms with Gasteiger partial charge in [0.1, 0.15) is 11.6 Å². The number of carbonyl (C=O) groups is 1. The minimum Gasteiger partial charge on any atom is -0.404 e. The van der Waals surface area contributed by atoms with Gasteiger partial charge >= 0.3 is 12.5 Å². The molecule has 1 fully saturated rings. The number of hydrogen-bond donors (Lipinski definition) is 1. The number of halogens is 8. The second kappa shape index (κ2) is 9.84. The third-order valence-electron chi connectivity index (χ3n) is 5.39. The Hall–Kier alpha value is -2.54. The van der Waals surface area contributed by atoms with E-state index < -0.39 is 61.6 Å². The highest BCUT2D eigenvalue weighted by Gasteiger charge is 2.37. The topological polar surface area (TPSA) is 72.5 Å².